The van der Waals surface area contributed by atoms with E-state index in [2.05, 4.69) is 9.88 Å². The minimum atomic E-state index is -0.0596. The SMILES string of the molecule is CN(c1cc(CO)c(Cl)cn1)C1CCOCC1. The normalized spacial score (nSPS) is 17.1. The summed E-state index contributed by atoms with van der Waals surface area (Å²) < 4.78 is 5.34. The maximum absolute atomic E-state index is 9.18. The average molecular weight is 257 g/mol. The first-order chi connectivity index (χ1) is 8.22. The van der Waals surface area contributed by atoms with Gasteiger partial charge in [0, 0.05) is 38.1 Å². The highest BCUT2D eigenvalue weighted by atomic mass is 35.5. The van der Waals surface area contributed by atoms with E-state index < -0.39 is 0 Å². The van der Waals surface area contributed by atoms with Gasteiger partial charge in [-0.15, -0.1) is 0 Å². The van der Waals surface area contributed by atoms with Crippen molar-refractivity contribution in [2.45, 2.75) is 25.5 Å². The number of rotatable bonds is 3. The van der Waals surface area contributed by atoms with Crippen LogP contribution in [0, 0.1) is 0 Å². The molecule has 1 aromatic heterocycles. The minimum absolute atomic E-state index is 0.0596. The molecule has 0 spiro atoms. The standard InChI is InChI=1S/C12H17ClN2O2/c1-15(10-2-4-17-5-3-10)12-6-9(8-16)11(13)7-14-12/h6-7,10,16H,2-5,8H2,1H3. The number of aliphatic hydroxyl groups excluding tert-OH is 1. The number of aliphatic hydroxyl groups is 1. The van der Waals surface area contributed by atoms with Crippen molar-refractivity contribution in [1.29, 1.82) is 0 Å². The number of pyridine rings is 1. The van der Waals surface area contributed by atoms with Gasteiger partial charge in [0.2, 0.25) is 0 Å². The van der Waals surface area contributed by atoms with E-state index in [1.54, 1.807) is 6.20 Å². The number of aromatic nitrogens is 1. The van der Waals surface area contributed by atoms with Gasteiger partial charge in [0.15, 0.2) is 0 Å². The van der Waals surface area contributed by atoms with Crippen LogP contribution in [0.1, 0.15) is 18.4 Å². The highest BCUT2D eigenvalue weighted by Gasteiger charge is 2.20. The molecule has 1 fully saturated rings. The predicted octanol–water partition coefficient (Wildman–Crippen LogP) is 1.84. The third-order valence-electron chi connectivity index (χ3n) is 3.19. The van der Waals surface area contributed by atoms with E-state index in [1.165, 1.54) is 0 Å². The van der Waals surface area contributed by atoms with E-state index in [4.69, 9.17) is 16.3 Å². The summed E-state index contributed by atoms with van der Waals surface area (Å²) in [7, 11) is 2.02. The lowest BCUT2D eigenvalue weighted by Gasteiger charge is -2.32. The van der Waals surface area contributed by atoms with Gasteiger partial charge in [-0.2, -0.15) is 0 Å². The van der Waals surface area contributed by atoms with Crippen LogP contribution in [0.5, 0.6) is 0 Å². The van der Waals surface area contributed by atoms with Gasteiger partial charge in [-0.1, -0.05) is 11.6 Å². The zero-order chi connectivity index (χ0) is 12.3. The van der Waals surface area contributed by atoms with E-state index in [-0.39, 0.29) is 6.61 Å². The molecule has 2 heterocycles. The first-order valence-corrected chi connectivity index (χ1v) is 6.16. The topological polar surface area (TPSA) is 45.6 Å². The fourth-order valence-corrected chi connectivity index (χ4v) is 2.20. The third kappa shape index (κ3) is 2.89. The summed E-state index contributed by atoms with van der Waals surface area (Å²) in [6.45, 7) is 1.54. The number of anilines is 1. The van der Waals surface area contributed by atoms with Gasteiger partial charge in [-0.25, -0.2) is 4.98 Å². The highest BCUT2D eigenvalue weighted by molar-refractivity contribution is 6.31. The van der Waals surface area contributed by atoms with E-state index in [9.17, 15) is 5.11 Å². The Morgan fingerprint density at radius 2 is 2.24 bits per heavy atom. The maximum Gasteiger partial charge on any atom is 0.128 e. The van der Waals surface area contributed by atoms with Crippen LogP contribution >= 0.6 is 11.6 Å². The van der Waals surface area contributed by atoms with Crippen molar-refractivity contribution in [3.05, 3.63) is 22.8 Å². The van der Waals surface area contributed by atoms with Crippen molar-refractivity contribution in [3.8, 4) is 0 Å². The second-order valence-electron chi connectivity index (χ2n) is 4.25. The Bertz CT molecular complexity index is 381. The van der Waals surface area contributed by atoms with Gasteiger partial charge >= 0.3 is 0 Å². The first-order valence-electron chi connectivity index (χ1n) is 5.78. The van der Waals surface area contributed by atoms with Crippen LogP contribution < -0.4 is 4.90 Å². The fraction of sp³-hybridized carbons (Fsp3) is 0.583. The van der Waals surface area contributed by atoms with Crippen LogP contribution in [0.25, 0.3) is 0 Å². The van der Waals surface area contributed by atoms with Gasteiger partial charge in [0.1, 0.15) is 5.82 Å². The molecule has 94 valence electrons. The molecule has 1 aliphatic heterocycles. The monoisotopic (exact) mass is 256 g/mol. The molecule has 1 N–H and O–H groups in total. The van der Waals surface area contributed by atoms with Crippen molar-refractivity contribution in [2.75, 3.05) is 25.2 Å². The van der Waals surface area contributed by atoms with Crippen molar-refractivity contribution >= 4 is 17.4 Å². The van der Waals surface area contributed by atoms with E-state index in [0.717, 1.165) is 37.4 Å². The molecule has 0 atom stereocenters. The summed E-state index contributed by atoms with van der Waals surface area (Å²) in [5.74, 6) is 0.852. The lowest BCUT2D eigenvalue weighted by molar-refractivity contribution is 0.0853. The molecule has 0 saturated carbocycles. The van der Waals surface area contributed by atoms with Gasteiger partial charge < -0.3 is 14.7 Å². The largest absolute Gasteiger partial charge is 0.392 e. The Kier molecular flexibility index (Phi) is 4.20. The number of halogens is 1. The van der Waals surface area contributed by atoms with Gasteiger partial charge in [0.05, 0.1) is 11.6 Å². The molecule has 0 radical (unpaired) electrons. The Labute approximate surface area is 106 Å². The van der Waals surface area contributed by atoms with Crippen molar-refractivity contribution in [1.82, 2.24) is 4.98 Å². The molecule has 0 aliphatic carbocycles. The van der Waals surface area contributed by atoms with Crippen LogP contribution in [0.2, 0.25) is 5.02 Å². The average Bonchev–Trinajstić information content (AvgIpc) is 2.39. The molecule has 1 aliphatic rings. The van der Waals surface area contributed by atoms with Crippen molar-refractivity contribution in [2.24, 2.45) is 0 Å². The van der Waals surface area contributed by atoms with Crippen LogP contribution in [-0.4, -0.2) is 36.4 Å². The Balaban J connectivity index is 2.15. The number of nitrogens with zero attached hydrogens (tertiary/aromatic N) is 2. The second-order valence-corrected chi connectivity index (χ2v) is 4.65. The predicted molar refractivity (Wildman–Crippen MR) is 67.4 cm³/mol. The molecule has 1 aromatic rings. The molecule has 2 rings (SSSR count). The second kappa shape index (κ2) is 5.67. The summed E-state index contributed by atoms with van der Waals surface area (Å²) in [6.07, 6.45) is 3.61. The fourth-order valence-electron chi connectivity index (χ4n) is 2.04. The summed E-state index contributed by atoms with van der Waals surface area (Å²) in [5, 5.41) is 9.70. The maximum atomic E-state index is 9.18. The number of ether oxygens (including phenoxy) is 1. The molecule has 0 bridgehead atoms. The molecule has 1 saturated heterocycles. The molecular formula is C12H17ClN2O2. The summed E-state index contributed by atoms with van der Waals surface area (Å²) >= 11 is 5.93. The van der Waals surface area contributed by atoms with Gasteiger partial charge in [0.25, 0.3) is 0 Å². The Morgan fingerprint density at radius 3 is 2.88 bits per heavy atom. The van der Waals surface area contributed by atoms with Gasteiger partial charge in [-0.3, -0.25) is 0 Å². The summed E-state index contributed by atoms with van der Waals surface area (Å²) in [6, 6.07) is 2.29. The van der Waals surface area contributed by atoms with E-state index in [0.29, 0.717) is 11.1 Å². The number of hydrogen-bond acceptors (Lipinski definition) is 4. The van der Waals surface area contributed by atoms with Crippen LogP contribution in [-0.2, 0) is 11.3 Å². The molecule has 0 amide bonds. The molecule has 0 aromatic carbocycles. The third-order valence-corrected chi connectivity index (χ3v) is 3.53. The molecule has 0 unspecified atom stereocenters. The quantitative estimate of drug-likeness (QED) is 0.897. The molecular weight excluding hydrogens is 240 g/mol. The highest BCUT2D eigenvalue weighted by Crippen LogP contribution is 2.23. The summed E-state index contributed by atoms with van der Waals surface area (Å²) in [4.78, 5) is 6.44. The van der Waals surface area contributed by atoms with E-state index >= 15 is 0 Å². The minimum Gasteiger partial charge on any atom is -0.392 e. The van der Waals surface area contributed by atoms with Gasteiger partial charge in [-0.05, 0) is 18.9 Å². The zero-order valence-corrected chi connectivity index (χ0v) is 10.7. The van der Waals surface area contributed by atoms with Crippen molar-refractivity contribution < 1.29 is 9.84 Å². The molecule has 4 nitrogen and oxygen atoms in total. The number of hydrogen-bond donors (Lipinski definition) is 1. The lowest BCUT2D eigenvalue weighted by Crippen LogP contribution is -2.37. The van der Waals surface area contributed by atoms with Crippen LogP contribution in [0.4, 0.5) is 5.82 Å². The lowest BCUT2D eigenvalue weighted by atomic mass is 10.1. The molecule has 5 heteroatoms. The van der Waals surface area contributed by atoms with Crippen LogP contribution in [0.3, 0.4) is 0 Å². The zero-order valence-electron chi connectivity index (χ0n) is 9.90. The van der Waals surface area contributed by atoms with E-state index in [1.807, 2.05) is 13.1 Å². The molecule has 17 heavy (non-hydrogen) atoms. The first kappa shape index (κ1) is 12.6. The Morgan fingerprint density at radius 1 is 1.53 bits per heavy atom. The van der Waals surface area contributed by atoms with Crippen molar-refractivity contribution in [3.63, 3.8) is 0 Å². The smallest absolute Gasteiger partial charge is 0.128 e. The summed E-state index contributed by atoms with van der Waals surface area (Å²) in [5.41, 5.74) is 0.718. The Hall–Kier alpha value is -0.840. The van der Waals surface area contributed by atoms with Crippen LogP contribution in [0.15, 0.2) is 12.3 Å².